The molecule has 1 aliphatic heterocycles. The summed E-state index contributed by atoms with van der Waals surface area (Å²) >= 11 is 0. The third-order valence-corrected chi connectivity index (χ3v) is 7.63. The van der Waals surface area contributed by atoms with Gasteiger partial charge in [0.25, 0.3) is 0 Å². The van der Waals surface area contributed by atoms with E-state index in [9.17, 15) is 14.7 Å². The van der Waals surface area contributed by atoms with E-state index in [2.05, 4.69) is 67.9 Å². The van der Waals surface area contributed by atoms with Crippen molar-refractivity contribution < 1.29 is 19.4 Å². The number of cyclic esters (lactones) is 1. The van der Waals surface area contributed by atoms with Crippen LogP contribution in [0, 0.1) is 23.2 Å². The first kappa shape index (κ1) is 31.5. The normalized spacial score (nSPS) is 36.2. The molecule has 1 aliphatic carbocycles. The molecule has 0 unspecified atom stereocenters. The monoisotopic (exact) mass is 524 g/mol. The van der Waals surface area contributed by atoms with Gasteiger partial charge in [-0.25, -0.2) is 4.79 Å². The zero-order chi connectivity index (χ0) is 28.5. The van der Waals surface area contributed by atoms with E-state index >= 15 is 0 Å². The Morgan fingerprint density at radius 3 is 2.53 bits per heavy atom. The number of allylic oxidation sites excluding steroid dienone is 9. The van der Waals surface area contributed by atoms with Crippen LogP contribution in [0.3, 0.4) is 0 Å². The minimum absolute atomic E-state index is 0.0713. The summed E-state index contributed by atoms with van der Waals surface area (Å²) in [7, 11) is 0. The zero-order valence-corrected chi connectivity index (χ0v) is 24.4. The Morgan fingerprint density at radius 2 is 1.87 bits per heavy atom. The molecule has 0 aromatic rings. The van der Waals surface area contributed by atoms with Crippen molar-refractivity contribution in [1.82, 2.24) is 10.6 Å². The van der Waals surface area contributed by atoms with Crippen molar-refractivity contribution in [3.8, 4) is 0 Å². The maximum Gasteiger partial charge on any atom is 0.331 e. The first-order valence-electron chi connectivity index (χ1n) is 13.8. The standard InChI is InChI=1S/C32H48N2O4/c1-9-33-28-16-15-27-19-22(3)13-14-23(4)31(24(5)30(37)25(6)34-26(7)35)38-29(36)12-10-11-21(2)17-18-32(27,8)20-28/h10-19,23-25,27-28,30-31,33,37H,9,20H2,1-8H3,(H,34,35)/b12-10-,14-13-,18-17-,21-11-,22-19-/t23-,24-,25-,27-,28-,30+,31-,32-/m1/s1. The summed E-state index contributed by atoms with van der Waals surface area (Å²) in [6, 6.07) is -0.151. The average molecular weight is 525 g/mol. The van der Waals surface area contributed by atoms with Crippen LogP contribution in [0.4, 0.5) is 0 Å². The molecular weight excluding hydrogens is 476 g/mol. The Kier molecular flexibility index (Phi) is 12.0. The largest absolute Gasteiger partial charge is 0.458 e. The highest BCUT2D eigenvalue weighted by Crippen LogP contribution is 2.41. The second-order valence-corrected chi connectivity index (χ2v) is 11.3. The number of fused-ring (bicyclic) bond motifs is 1. The van der Waals surface area contributed by atoms with Crippen molar-refractivity contribution in [3.63, 3.8) is 0 Å². The third-order valence-electron chi connectivity index (χ3n) is 7.63. The molecule has 3 N–H and O–H groups in total. The molecule has 0 spiro atoms. The minimum atomic E-state index is -0.885. The number of nitrogens with one attached hydrogen (secondary N) is 2. The molecule has 6 heteroatoms. The maximum atomic E-state index is 12.8. The van der Waals surface area contributed by atoms with E-state index in [1.165, 1.54) is 13.0 Å². The van der Waals surface area contributed by atoms with Gasteiger partial charge in [0.1, 0.15) is 6.10 Å². The van der Waals surface area contributed by atoms with Crippen LogP contribution in [0.25, 0.3) is 0 Å². The predicted molar refractivity (Wildman–Crippen MR) is 155 cm³/mol. The Balaban J connectivity index is 2.46. The molecule has 0 bridgehead atoms. The maximum absolute atomic E-state index is 12.8. The van der Waals surface area contributed by atoms with Crippen LogP contribution in [0.15, 0.2) is 71.9 Å². The van der Waals surface area contributed by atoms with Crippen LogP contribution in [-0.2, 0) is 14.3 Å². The number of amides is 1. The van der Waals surface area contributed by atoms with Crippen LogP contribution in [0.1, 0.15) is 61.8 Å². The van der Waals surface area contributed by atoms with Gasteiger partial charge in [0.05, 0.1) is 12.1 Å². The molecule has 1 heterocycles. The molecule has 0 aromatic carbocycles. The second kappa shape index (κ2) is 14.5. The molecule has 210 valence electrons. The van der Waals surface area contributed by atoms with Gasteiger partial charge in [0, 0.05) is 36.8 Å². The van der Waals surface area contributed by atoms with Gasteiger partial charge in [-0.2, -0.15) is 0 Å². The van der Waals surface area contributed by atoms with E-state index in [0.29, 0.717) is 6.04 Å². The molecule has 0 fully saturated rings. The molecule has 6 nitrogen and oxygen atoms in total. The smallest absolute Gasteiger partial charge is 0.331 e. The quantitative estimate of drug-likeness (QED) is 0.329. The number of carbonyl (C=O) groups excluding carboxylic acids is 2. The number of hydrogen-bond acceptors (Lipinski definition) is 5. The lowest BCUT2D eigenvalue weighted by Crippen LogP contribution is -2.48. The molecule has 0 aromatic heterocycles. The highest BCUT2D eigenvalue weighted by Gasteiger charge is 2.35. The molecule has 2 rings (SSSR count). The van der Waals surface area contributed by atoms with Gasteiger partial charge in [-0.05, 0) is 39.2 Å². The summed E-state index contributed by atoms with van der Waals surface area (Å²) in [5, 5.41) is 17.2. The van der Waals surface area contributed by atoms with Crippen LogP contribution in [0.2, 0.25) is 0 Å². The van der Waals surface area contributed by atoms with Gasteiger partial charge < -0.3 is 20.5 Å². The minimum Gasteiger partial charge on any atom is -0.458 e. The molecular formula is C32H48N2O4. The van der Waals surface area contributed by atoms with E-state index in [1.807, 2.05) is 32.9 Å². The molecule has 2 aliphatic rings. The van der Waals surface area contributed by atoms with Crippen LogP contribution in [-0.4, -0.2) is 47.8 Å². The number of rotatable bonds is 6. The van der Waals surface area contributed by atoms with Crippen molar-refractivity contribution in [2.45, 2.75) is 86.1 Å². The highest BCUT2D eigenvalue weighted by molar-refractivity contribution is 5.82. The lowest BCUT2D eigenvalue weighted by atomic mass is 9.68. The van der Waals surface area contributed by atoms with Crippen molar-refractivity contribution in [2.75, 3.05) is 6.54 Å². The summed E-state index contributed by atoms with van der Waals surface area (Å²) in [6.07, 6.45) is 20.0. The Hall–Kier alpha value is -2.70. The van der Waals surface area contributed by atoms with E-state index < -0.39 is 30.1 Å². The summed E-state index contributed by atoms with van der Waals surface area (Å²) in [4.78, 5) is 24.3. The summed E-state index contributed by atoms with van der Waals surface area (Å²) < 4.78 is 5.87. The third kappa shape index (κ3) is 9.25. The Labute approximate surface area is 229 Å². The van der Waals surface area contributed by atoms with E-state index in [-0.39, 0.29) is 23.2 Å². The molecule has 0 saturated carbocycles. The van der Waals surface area contributed by atoms with Gasteiger partial charge in [-0.1, -0.05) is 93.5 Å². The second-order valence-electron chi connectivity index (χ2n) is 11.3. The van der Waals surface area contributed by atoms with Crippen molar-refractivity contribution in [2.24, 2.45) is 23.2 Å². The summed E-state index contributed by atoms with van der Waals surface area (Å²) in [6.45, 7) is 16.5. The van der Waals surface area contributed by atoms with Crippen LogP contribution in [0.5, 0.6) is 0 Å². The van der Waals surface area contributed by atoms with E-state index in [1.54, 1.807) is 13.0 Å². The molecule has 1 amide bonds. The van der Waals surface area contributed by atoms with Gasteiger partial charge in [-0.15, -0.1) is 0 Å². The number of carbonyl (C=O) groups is 2. The fourth-order valence-corrected chi connectivity index (χ4v) is 5.31. The predicted octanol–water partition coefficient (Wildman–Crippen LogP) is 5.19. The molecule has 0 radical (unpaired) electrons. The van der Waals surface area contributed by atoms with Gasteiger partial charge in [0.2, 0.25) is 5.91 Å². The Bertz CT molecular complexity index is 1000. The lowest BCUT2D eigenvalue weighted by Gasteiger charge is -2.39. The van der Waals surface area contributed by atoms with Crippen molar-refractivity contribution in [1.29, 1.82) is 0 Å². The van der Waals surface area contributed by atoms with Gasteiger partial charge in [0.15, 0.2) is 0 Å². The number of esters is 1. The van der Waals surface area contributed by atoms with E-state index in [0.717, 1.165) is 24.1 Å². The van der Waals surface area contributed by atoms with Crippen molar-refractivity contribution in [3.05, 3.63) is 71.9 Å². The van der Waals surface area contributed by atoms with E-state index in [4.69, 9.17) is 4.74 Å². The average Bonchev–Trinajstić information content (AvgIpc) is 2.84. The van der Waals surface area contributed by atoms with Gasteiger partial charge >= 0.3 is 5.97 Å². The lowest BCUT2D eigenvalue weighted by molar-refractivity contribution is -0.151. The topological polar surface area (TPSA) is 87.7 Å². The van der Waals surface area contributed by atoms with Gasteiger partial charge in [-0.3, -0.25) is 4.79 Å². The van der Waals surface area contributed by atoms with Crippen LogP contribution < -0.4 is 10.6 Å². The number of likely N-dealkylation sites (N-methyl/N-ethyl adjacent to an activating group) is 1. The fraction of sp³-hybridized carbons (Fsp3) is 0.562. The fourth-order valence-electron chi connectivity index (χ4n) is 5.31. The number of ether oxygens (including phenoxy) is 1. The molecule has 0 saturated heterocycles. The highest BCUT2D eigenvalue weighted by atomic mass is 16.5. The molecule has 38 heavy (non-hydrogen) atoms. The van der Waals surface area contributed by atoms with Crippen LogP contribution >= 0.6 is 0 Å². The number of hydrogen-bond donors (Lipinski definition) is 3. The molecule has 8 atom stereocenters. The SMILES string of the molecule is CCN[C@@H]1C=C[C@@H]2/C=C(C)\C=C/[C@@H](C)[C@H]([C@H](C)[C@H](O)[C@@H](C)NC(C)=O)OC(=O)\C=C/C=C(C)\C=C/[C@]2(C)C1. The first-order chi connectivity index (χ1) is 17.9. The summed E-state index contributed by atoms with van der Waals surface area (Å²) in [5.41, 5.74) is 2.09. The summed E-state index contributed by atoms with van der Waals surface area (Å²) in [5.74, 6) is -1.03. The Morgan fingerprint density at radius 1 is 1.16 bits per heavy atom. The number of aliphatic hydroxyl groups excluding tert-OH is 1. The number of aliphatic hydroxyl groups is 1. The zero-order valence-electron chi connectivity index (χ0n) is 24.4. The van der Waals surface area contributed by atoms with Crippen molar-refractivity contribution >= 4 is 11.9 Å². The first-order valence-corrected chi connectivity index (χ1v) is 13.8.